The molecule has 0 aromatic heterocycles. The van der Waals surface area contributed by atoms with Crippen molar-refractivity contribution in [1.82, 2.24) is 4.90 Å². The van der Waals surface area contributed by atoms with Gasteiger partial charge in [0.1, 0.15) is 5.75 Å². The average molecular weight is 241 g/mol. The summed E-state index contributed by atoms with van der Waals surface area (Å²) in [6.07, 6.45) is 2.95. The molecule has 17 heavy (non-hydrogen) atoms. The lowest BCUT2D eigenvalue weighted by Gasteiger charge is -2.05. The maximum absolute atomic E-state index is 12.0. The Morgan fingerprint density at radius 1 is 1.41 bits per heavy atom. The zero-order valence-electron chi connectivity index (χ0n) is 9.56. The molecule has 0 saturated heterocycles. The highest BCUT2D eigenvalue weighted by molar-refractivity contribution is 6.04. The molecule has 1 aromatic carbocycles. The fourth-order valence-electron chi connectivity index (χ4n) is 1.14. The predicted molar refractivity (Wildman–Crippen MR) is 60.2 cm³/mol. The van der Waals surface area contributed by atoms with Gasteiger partial charge in [-0.05, 0) is 12.1 Å². The van der Waals surface area contributed by atoms with Crippen LogP contribution in [-0.4, -0.2) is 31.4 Å². The van der Waals surface area contributed by atoms with E-state index in [-0.39, 0.29) is 11.5 Å². The fourth-order valence-corrected chi connectivity index (χ4v) is 1.14. The van der Waals surface area contributed by atoms with Gasteiger partial charge in [-0.2, -0.15) is 8.78 Å². The molecular formula is C12H13F2NO2. The maximum Gasteiger partial charge on any atom is 0.387 e. The molecule has 1 aromatic rings. The number of carbonyl (C=O) groups is 1. The van der Waals surface area contributed by atoms with Crippen LogP contribution in [0.2, 0.25) is 0 Å². The lowest BCUT2D eigenvalue weighted by atomic mass is 10.1. The van der Waals surface area contributed by atoms with Gasteiger partial charge in [0.15, 0.2) is 5.78 Å². The van der Waals surface area contributed by atoms with E-state index in [1.54, 1.807) is 31.3 Å². The van der Waals surface area contributed by atoms with Crippen LogP contribution in [0.5, 0.6) is 5.75 Å². The van der Waals surface area contributed by atoms with Gasteiger partial charge in [0.2, 0.25) is 0 Å². The Morgan fingerprint density at radius 3 is 2.71 bits per heavy atom. The molecule has 0 aliphatic carbocycles. The molecule has 0 bridgehead atoms. The van der Waals surface area contributed by atoms with Crippen LogP contribution in [0, 0.1) is 0 Å². The summed E-state index contributed by atoms with van der Waals surface area (Å²) in [7, 11) is 3.56. The Morgan fingerprint density at radius 2 is 2.12 bits per heavy atom. The van der Waals surface area contributed by atoms with E-state index in [1.807, 2.05) is 0 Å². The summed E-state index contributed by atoms with van der Waals surface area (Å²) in [4.78, 5) is 13.3. The molecule has 5 heteroatoms. The second-order valence-electron chi connectivity index (χ2n) is 3.55. The molecule has 92 valence electrons. The molecule has 0 heterocycles. The Bertz CT molecular complexity index is 417. The van der Waals surface area contributed by atoms with E-state index in [0.29, 0.717) is 5.56 Å². The van der Waals surface area contributed by atoms with E-state index < -0.39 is 6.61 Å². The normalized spacial score (nSPS) is 10.9. The maximum atomic E-state index is 12.0. The zero-order chi connectivity index (χ0) is 12.8. The molecule has 0 aliphatic rings. The van der Waals surface area contributed by atoms with Gasteiger partial charge in [-0.1, -0.05) is 12.1 Å². The first-order valence-corrected chi connectivity index (χ1v) is 4.93. The van der Waals surface area contributed by atoms with Crippen LogP contribution < -0.4 is 4.74 Å². The number of halogens is 2. The monoisotopic (exact) mass is 241 g/mol. The number of carbonyl (C=O) groups excluding carboxylic acids is 1. The van der Waals surface area contributed by atoms with Crippen LogP contribution in [0.4, 0.5) is 8.78 Å². The Labute approximate surface area is 98.3 Å². The van der Waals surface area contributed by atoms with Crippen LogP contribution in [0.25, 0.3) is 0 Å². The Kier molecular flexibility index (Phi) is 4.63. The molecule has 0 atom stereocenters. The first-order valence-electron chi connectivity index (χ1n) is 4.93. The molecule has 0 spiro atoms. The van der Waals surface area contributed by atoms with E-state index in [0.717, 1.165) is 0 Å². The molecular weight excluding hydrogens is 228 g/mol. The molecule has 0 radical (unpaired) electrons. The summed E-state index contributed by atoms with van der Waals surface area (Å²) in [5, 5.41) is 0. The smallest absolute Gasteiger partial charge is 0.387 e. The molecule has 1 rings (SSSR count). The van der Waals surface area contributed by atoms with Crippen molar-refractivity contribution >= 4 is 5.78 Å². The molecule has 0 aliphatic heterocycles. The minimum Gasteiger partial charge on any atom is -0.435 e. The number of rotatable bonds is 5. The zero-order valence-corrected chi connectivity index (χ0v) is 9.56. The van der Waals surface area contributed by atoms with Crippen LogP contribution in [-0.2, 0) is 0 Å². The molecule has 0 N–H and O–H groups in total. The van der Waals surface area contributed by atoms with E-state index in [4.69, 9.17) is 0 Å². The van der Waals surface area contributed by atoms with Gasteiger partial charge in [-0.15, -0.1) is 0 Å². The van der Waals surface area contributed by atoms with Gasteiger partial charge in [-0.3, -0.25) is 4.79 Å². The SMILES string of the molecule is CN(C)C=CC(=O)c1cccc(OC(F)F)c1. The molecule has 3 nitrogen and oxygen atoms in total. The lowest BCUT2D eigenvalue weighted by Crippen LogP contribution is -2.04. The van der Waals surface area contributed by atoms with Crippen molar-refractivity contribution in [2.45, 2.75) is 6.61 Å². The summed E-state index contributed by atoms with van der Waals surface area (Å²) in [6.45, 7) is -2.89. The summed E-state index contributed by atoms with van der Waals surface area (Å²) in [6, 6.07) is 5.70. The second-order valence-corrected chi connectivity index (χ2v) is 3.55. The first-order chi connectivity index (χ1) is 7.99. The van der Waals surface area contributed by atoms with Crippen molar-refractivity contribution < 1.29 is 18.3 Å². The van der Waals surface area contributed by atoms with Gasteiger partial charge in [0, 0.05) is 31.9 Å². The Balaban J connectivity index is 2.80. The number of allylic oxidation sites excluding steroid dienone is 1. The van der Waals surface area contributed by atoms with Crippen molar-refractivity contribution in [3.63, 3.8) is 0 Å². The van der Waals surface area contributed by atoms with E-state index >= 15 is 0 Å². The summed E-state index contributed by atoms with van der Waals surface area (Å²) in [5.74, 6) is -0.289. The van der Waals surface area contributed by atoms with Crippen LogP contribution >= 0.6 is 0 Å². The predicted octanol–water partition coefficient (Wildman–Crippen LogP) is 2.55. The summed E-state index contributed by atoms with van der Waals surface area (Å²) in [5.41, 5.74) is 0.307. The van der Waals surface area contributed by atoms with E-state index in [1.165, 1.54) is 24.3 Å². The number of nitrogens with zero attached hydrogens (tertiary/aromatic N) is 1. The molecule has 0 amide bonds. The molecule has 0 saturated carbocycles. The third-order valence-electron chi connectivity index (χ3n) is 1.87. The number of hydrogen-bond acceptors (Lipinski definition) is 3. The highest BCUT2D eigenvalue weighted by Gasteiger charge is 2.07. The number of benzene rings is 1. The van der Waals surface area contributed by atoms with Crippen molar-refractivity contribution in [2.24, 2.45) is 0 Å². The van der Waals surface area contributed by atoms with Gasteiger partial charge in [0.25, 0.3) is 0 Å². The number of hydrogen-bond donors (Lipinski definition) is 0. The molecule has 0 fully saturated rings. The minimum absolute atomic E-state index is 0.0240. The third kappa shape index (κ3) is 4.63. The minimum atomic E-state index is -2.89. The van der Waals surface area contributed by atoms with Crippen molar-refractivity contribution in [1.29, 1.82) is 0 Å². The second kappa shape index (κ2) is 5.98. The largest absolute Gasteiger partial charge is 0.435 e. The van der Waals surface area contributed by atoms with E-state index in [9.17, 15) is 13.6 Å². The molecule has 0 unspecified atom stereocenters. The number of alkyl halides is 2. The quantitative estimate of drug-likeness (QED) is 0.586. The summed E-state index contributed by atoms with van der Waals surface area (Å²) >= 11 is 0. The highest BCUT2D eigenvalue weighted by atomic mass is 19.3. The van der Waals surface area contributed by atoms with Gasteiger partial charge in [-0.25, -0.2) is 0 Å². The average Bonchev–Trinajstić information content (AvgIpc) is 2.25. The number of ether oxygens (including phenoxy) is 1. The van der Waals surface area contributed by atoms with E-state index in [2.05, 4.69) is 4.74 Å². The third-order valence-corrected chi connectivity index (χ3v) is 1.87. The topological polar surface area (TPSA) is 29.5 Å². The van der Waals surface area contributed by atoms with Crippen LogP contribution in [0.3, 0.4) is 0 Å². The van der Waals surface area contributed by atoms with Gasteiger partial charge < -0.3 is 9.64 Å². The van der Waals surface area contributed by atoms with Crippen molar-refractivity contribution in [2.75, 3.05) is 14.1 Å². The fraction of sp³-hybridized carbons (Fsp3) is 0.250. The van der Waals surface area contributed by atoms with Gasteiger partial charge in [0.05, 0.1) is 0 Å². The van der Waals surface area contributed by atoms with Crippen molar-refractivity contribution in [3.8, 4) is 5.75 Å². The summed E-state index contributed by atoms with van der Waals surface area (Å²) < 4.78 is 28.2. The number of ketones is 1. The van der Waals surface area contributed by atoms with Crippen molar-refractivity contribution in [3.05, 3.63) is 42.1 Å². The van der Waals surface area contributed by atoms with Crippen LogP contribution in [0.1, 0.15) is 10.4 Å². The van der Waals surface area contributed by atoms with Crippen LogP contribution in [0.15, 0.2) is 36.5 Å². The highest BCUT2D eigenvalue weighted by Crippen LogP contribution is 2.16. The first kappa shape index (κ1) is 13.2. The lowest BCUT2D eigenvalue weighted by molar-refractivity contribution is -0.0498. The standard InChI is InChI=1S/C12H13F2NO2/c1-15(2)7-6-11(16)9-4-3-5-10(8-9)17-12(13)14/h3-8,12H,1-2H3. The van der Waals surface area contributed by atoms with Gasteiger partial charge >= 0.3 is 6.61 Å². The Hall–Kier alpha value is -1.91.